The number of nitrogens with zero attached hydrogens (tertiary/aromatic N) is 1. The average molecular weight is 368 g/mol. The molecule has 8 heteroatoms. The minimum Gasteiger partial charge on any atom is -0.478 e. The highest BCUT2D eigenvalue weighted by Crippen LogP contribution is 2.38. The van der Waals surface area contributed by atoms with Crippen molar-refractivity contribution in [3.8, 4) is 5.75 Å². The topological polar surface area (TPSA) is 83.9 Å². The maximum atomic E-state index is 13.0. The molecule has 1 atom stereocenters. The largest absolute Gasteiger partial charge is 0.478 e. The Kier molecular flexibility index (Phi) is 4.15. The van der Waals surface area contributed by atoms with Gasteiger partial charge in [-0.25, -0.2) is 13.2 Å². The maximum absolute atomic E-state index is 13.0. The zero-order valence-electron chi connectivity index (χ0n) is 12.6. The van der Waals surface area contributed by atoms with Crippen molar-refractivity contribution in [2.45, 2.75) is 17.9 Å². The van der Waals surface area contributed by atoms with Crippen LogP contribution in [-0.2, 0) is 14.8 Å². The van der Waals surface area contributed by atoms with E-state index in [9.17, 15) is 18.3 Å². The predicted molar refractivity (Wildman–Crippen MR) is 89.2 cm³/mol. The molecule has 0 amide bonds. The fraction of sp³-hybridized carbons (Fsp3) is 0.188. The molecule has 0 unspecified atom stereocenters. The SMILES string of the molecule is Cc1ccc(S(=O)(=O)N2C[C@@H](C(=O)O)Oc3ccc(Cl)cc32)cc1. The van der Waals surface area contributed by atoms with Gasteiger partial charge in [0.2, 0.25) is 6.10 Å². The number of anilines is 1. The van der Waals surface area contributed by atoms with Crippen molar-refractivity contribution < 1.29 is 23.1 Å². The van der Waals surface area contributed by atoms with Gasteiger partial charge in [-0.1, -0.05) is 29.3 Å². The second kappa shape index (κ2) is 5.99. The first-order valence-electron chi connectivity index (χ1n) is 7.07. The quantitative estimate of drug-likeness (QED) is 0.901. The van der Waals surface area contributed by atoms with Gasteiger partial charge in [-0.2, -0.15) is 0 Å². The predicted octanol–water partition coefficient (Wildman–Crippen LogP) is 2.69. The number of sulfonamides is 1. The summed E-state index contributed by atoms with van der Waals surface area (Å²) in [5, 5.41) is 9.57. The molecule has 2 aromatic carbocycles. The minimum atomic E-state index is -3.94. The molecule has 0 fully saturated rings. The van der Waals surface area contributed by atoms with Crippen LogP contribution in [0.4, 0.5) is 5.69 Å². The van der Waals surface area contributed by atoms with Crippen molar-refractivity contribution in [2.24, 2.45) is 0 Å². The Hall–Kier alpha value is -2.25. The molecule has 6 nitrogen and oxygen atoms in total. The number of aliphatic carboxylic acids is 1. The summed E-state index contributed by atoms with van der Waals surface area (Å²) >= 11 is 5.96. The molecule has 0 bridgehead atoms. The highest BCUT2D eigenvalue weighted by atomic mass is 35.5. The molecular weight excluding hydrogens is 354 g/mol. The van der Waals surface area contributed by atoms with E-state index in [4.69, 9.17) is 16.3 Å². The molecule has 1 aliphatic rings. The Morgan fingerprint density at radius 1 is 1.25 bits per heavy atom. The number of rotatable bonds is 3. The molecule has 0 aromatic heterocycles. The fourth-order valence-corrected chi connectivity index (χ4v) is 4.05. The van der Waals surface area contributed by atoms with Crippen molar-refractivity contribution in [1.82, 2.24) is 0 Å². The number of ether oxygens (including phenoxy) is 1. The lowest BCUT2D eigenvalue weighted by Gasteiger charge is -2.33. The van der Waals surface area contributed by atoms with Crippen molar-refractivity contribution >= 4 is 33.3 Å². The van der Waals surface area contributed by atoms with Gasteiger partial charge in [-0.15, -0.1) is 0 Å². The average Bonchev–Trinajstić information content (AvgIpc) is 2.54. The monoisotopic (exact) mass is 367 g/mol. The van der Waals surface area contributed by atoms with Crippen LogP contribution in [0.25, 0.3) is 0 Å². The number of carboxylic acid groups (broad SMARTS) is 1. The lowest BCUT2D eigenvalue weighted by molar-refractivity contribution is -0.144. The van der Waals surface area contributed by atoms with Gasteiger partial charge < -0.3 is 9.84 Å². The molecule has 0 saturated carbocycles. The van der Waals surface area contributed by atoms with Crippen LogP contribution in [0.15, 0.2) is 47.4 Å². The smallest absolute Gasteiger partial charge is 0.346 e. The maximum Gasteiger partial charge on any atom is 0.346 e. The minimum absolute atomic E-state index is 0.0741. The van der Waals surface area contributed by atoms with Gasteiger partial charge >= 0.3 is 5.97 Å². The van der Waals surface area contributed by atoms with Crippen molar-refractivity contribution in [1.29, 1.82) is 0 Å². The van der Waals surface area contributed by atoms with E-state index in [1.54, 1.807) is 12.1 Å². The summed E-state index contributed by atoms with van der Waals surface area (Å²) in [6, 6.07) is 10.8. The lowest BCUT2D eigenvalue weighted by atomic mass is 10.2. The summed E-state index contributed by atoms with van der Waals surface area (Å²) < 4.78 is 32.3. The first kappa shape index (κ1) is 16.6. The van der Waals surface area contributed by atoms with Crippen LogP contribution in [0, 0.1) is 6.92 Å². The number of hydrogen-bond acceptors (Lipinski definition) is 4. The normalized spacial score (nSPS) is 17.1. The van der Waals surface area contributed by atoms with Gasteiger partial charge in [-0.3, -0.25) is 4.31 Å². The number of aryl methyl sites for hydroxylation is 1. The zero-order chi connectivity index (χ0) is 17.5. The summed E-state index contributed by atoms with van der Waals surface area (Å²) in [6.45, 7) is 1.51. The summed E-state index contributed by atoms with van der Waals surface area (Å²) in [7, 11) is -3.94. The number of benzene rings is 2. The Morgan fingerprint density at radius 3 is 2.54 bits per heavy atom. The third-order valence-corrected chi connectivity index (χ3v) is 5.70. The van der Waals surface area contributed by atoms with E-state index in [2.05, 4.69) is 0 Å². The summed E-state index contributed by atoms with van der Waals surface area (Å²) in [4.78, 5) is 11.4. The van der Waals surface area contributed by atoms with E-state index >= 15 is 0 Å². The van der Waals surface area contributed by atoms with Crippen LogP contribution >= 0.6 is 11.6 Å². The van der Waals surface area contributed by atoms with Gasteiger partial charge in [0.25, 0.3) is 10.0 Å². The van der Waals surface area contributed by atoms with Crippen molar-refractivity contribution in [3.63, 3.8) is 0 Å². The van der Waals surface area contributed by atoms with Gasteiger partial charge in [0.05, 0.1) is 17.1 Å². The second-order valence-corrected chi connectivity index (χ2v) is 7.70. The first-order valence-corrected chi connectivity index (χ1v) is 8.89. The highest BCUT2D eigenvalue weighted by molar-refractivity contribution is 7.92. The second-order valence-electron chi connectivity index (χ2n) is 5.41. The van der Waals surface area contributed by atoms with E-state index in [0.29, 0.717) is 5.02 Å². The van der Waals surface area contributed by atoms with Crippen LogP contribution in [-0.4, -0.2) is 32.1 Å². The summed E-state index contributed by atoms with van der Waals surface area (Å²) in [5.74, 6) is -1.08. The molecule has 3 rings (SSSR count). The molecule has 0 spiro atoms. The molecular formula is C16H14ClNO5S. The van der Waals surface area contributed by atoms with Gasteiger partial charge in [0, 0.05) is 5.02 Å². The van der Waals surface area contributed by atoms with Crippen LogP contribution in [0.3, 0.4) is 0 Å². The van der Waals surface area contributed by atoms with E-state index in [-0.39, 0.29) is 22.9 Å². The van der Waals surface area contributed by atoms with Gasteiger partial charge in [0.1, 0.15) is 5.75 Å². The molecule has 0 aliphatic carbocycles. The Morgan fingerprint density at radius 2 is 1.92 bits per heavy atom. The molecule has 2 aromatic rings. The highest BCUT2D eigenvalue weighted by Gasteiger charge is 2.37. The van der Waals surface area contributed by atoms with Crippen molar-refractivity contribution in [2.75, 3.05) is 10.8 Å². The van der Waals surface area contributed by atoms with E-state index in [1.165, 1.54) is 30.3 Å². The number of fused-ring (bicyclic) bond motifs is 1. The van der Waals surface area contributed by atoms with Gasteiger partial charge in [0.15, 0.2) is 0 Å². The Labute approximate surface area is 144 Å². The van der Waals surface area contributed by atoms with E-state index in [0.717, 1.165) is 9.87 Å². The molecule has 1 aliphatic heterocycles. The van der Waals surface area contributed by atoms with E-state index in [1.807, 2.05) is 6.92 Å². The lowest BCUT2D eigenvalue weighted by Crippen LogP contribution is -2.47. The standard InChI is InChI=1S/C16H14ClNO5S/c1-10-2-5-12(6-3-10)24(21,22)18-9-15(16(19)20)23-14-7-4-11(17)8-13(14)18/h2-8,15H,9H2,1H3,(H,19,20)/t15-/m0/s1. The van der Waals surface area contributed by atoms with Crippen molar-refractivity contribution in [3.05, 3.63) is 53.1 Å². The van der Waals surface area contributed by atoms with E-state index < -0.39 is 22.1 Å². The number of halogens is 1. The number of hydrogen-bond donors (Lipinski definition) is 1. The summed E-state index contributed by atoms with van der Waals surface area (Å²) in [6.07, 6.45) is -1.29. The Bertz CT molecular complexity index is 895. The molecule has 1 N–H and O–H groups in total. The molecule has 0 radical (unpaired) electrons. The molecule has 1 heterocycles. The fourth-order valence-electron chi connectivity index (χ4n) is 2.42. The van der Waals surface area contributed by atoms with Crippen LogP contribution < -0.4 is 9.04 Å². The number of carbonyl (C=O) groups is 1. The first-order chi connectivity index (χ1) is 11.3. The zero-order valence-corrected chi connectivity index (χ0v) is 14.2. The van der Waals surface area contributed by atoms with Crippen LogP contribution in [0.2, 0.25) is 5.02 Å². The third kappa shape index (κ3) is 2.92. The number of carboxylic acids is 1. The van der Waals surface area contributed by atoms with Crippen LogP contribution in [0.1, 0.15) is 5.56 Å². The summed E-state index contributed by atoms with van der Waals surface area (Å²) in [5.41, 5.74) is 1.14. The van der Waals surface area contributed by atoms with Gasteiger partial charge in [-0.05, 0) is 37.3 Å². The molecule has 24 heavy (non-hydrogen) atoms. The van der Waals surface area contributed by atoms with Crippen LogP contribution in [0.5, 0.6) is 5.75 Å². The Balaban J connectivity index is 2.13. The third-order valence-electron chi connectivity index (χ3n) is 3.67. The molecule has 0 saturated heterocycles. The molecule has 126 valence electrons.